The van der Waals surface area contributed by atoms with E-state index in [1.54, 1.807) is 4.90 Å². The van der Waals surface area contributed by atoms with Gasteiger partial charge >= 0.3 is 0 Å². The van der Waals surface area contributed by atoms with Gasteiger partial charge in [0.1, 0.15) is 5.82 Å². The first-order valence-electron chi connectivity index (χ1n) is 5.38. The zero-order valence-electron chi connectivity index (χ0n) is 9.43. The molecule has 0 unspecified atom stereocenters. The molecule has 1 aliphatic heterocycles. The van der Waals surface area contributed by atoms with E-state index in [2.05, 4.69) is 0 Å². The minimum atomic E-state index is -0.521. The van der Waals surface area contributed by atoms with E-state index in [9.17, 15) is 14.5 Å². The Balaban J connectivity index is 2.29. The monoisotopic (exact) mass is 240 g/mol. The molecule has 17 heavy (non-hydrogen) atoms. The van der Waals surface area contributed by atoms with Crippen molar-refractivity contribution >= 4 is 11.4 Å². The Morgan fingerprint density at radius 1 is 1.59 bits per heavy atom. The Morgan fingerprint density at radius 3 is 3.00 bits per heavy atom. The summed E-state index contributed by atoms with van der Waals surface area (Å²) in [5.41, 5.74) is 0.176. The van der Waals surface area contributed by atoms with Crippen molar-refractivity contribution in [1.82, 2.24) is 0 Å². The molecule has 1 atom stereocenters. The van der Waals surface area contributed by atoms with Crippen molar-refractivity contribution in [2.45, 2.75) is 13.0 Å². The normalized spacial score (nSPS) is 20.4. The van der Waals surface area contributed by atoms with E-state index in [0.717, 1.165) is 6.07 Å². The van der Waals surface area contributed by atoms with Crippen LogP contribution >= 0.6 is 0 Å². The van der Waals surface area contributed by atoms with Gasteiger partial charge < -0.3 is 9.64 Å². The summed E-state index contributed by atoms with van der Waals surface area (Å²) in [5, 5.41) is 10.7. The highest BCUT2D eigenvalue weighted by Gasteiger charge is 2.21. The molecule has 0 N–H and O–H groups in total. The average molecular weight is 240 g/mol. The minimum Gasteiger partial charge on any atom is -0.375 e. The van der Waals surface area contributed by atoms with Crippen molar-refractivity contribution in [3.63, 3.8) is 0 Å². The molecule has 2 rings (SSSR count). The molecular formula is C11H13FN2O3. The summed E-state index contributed by atoms with van der Waals surface area (Å²) in [4.78, 5) is 11.9. The lowest BCUT2D eigenvalue weighted by atomic mass is 10.2. The van der Waals surface area contributed by atoms with Crippen molar-refractivity contribution in [3.8, 4) is 0 Å². The molecule has 6 heteroatoms. The summed E-state index contributed by atoms with van der Waals surface area (Å²) in [7, 11) is 0. The zero-order valence-corrected chi connectivity index (χ0v) is 9.43. The van der Waals surface area contributed by atoms with Crippen molar-refractivity contribution in [3.05, 3.63) is 34.1 Å². The second-order valence-corrected chi connectivity index (χ2v) is 4.02. The van der Waals surface area contributed by atoms with Gasteiger partial charge in [-0.05, 0) is 13.0 Å². The summed E-state index contributed by atoms with van der Waals surface area (Å²) in [6.07, 6.45) is 0.00223. The average Bonchev–Trinajstić information content (AvgIpc) is 2.29. The molecule has 0 bridgehead atoms. The van der Waals surface area contributed by atoms with Crippen molar-refractivity contribution in [2.75, 3.05) is 24.6 Å². The first-order valence-corrected chi connectivity index (χ1v) is 5.38. The molecule has 0 spiro atoms. The van der Waals surface area contributed by atoms with E-state index >= 15 is 0 Å². The van der Waals surface area contributed by atoms with Crippen LogP contribution in [0.3, 0.4) is 0 Å². The standard InChI is InChI=1S/C11H13FN2O3/c1-8-7-13(4-5-17-8)11-6-9(14(15)16)2-3-10(11)12/h2-3,6,8H,4-5,7H2,1H3/t8-/m1/s1. The van der Waals surface area contributed by atoms with Crippen LogP contribution in [0.25, 0.3) is 0 Å². The predicted octanol–water partition coefficient (Wildman–Crippen LogP) is 1.96. The number of halogens is 1. The van der Waals surface area contributed by atoms with Crippen molar-refractivity contribution in [2.24, 2.45) is 0 Å². The van der Waals surface area contributed by atoms with Gasteiger partial charge in [0.15, 0.2) is 0 Å². The fourth-order valence-electron chi connectivity index (χ4n) is 1.89. The number of ether oxygens (including phenoxy) is 1. The van der Waals surface area contributed by atoms with Crippen molar-refractivity contribution in [1.29, 1.82) is 0 Å². The third-order valence-electron chi connectivity index (χ3n) is 2.72. The third kappa shape index (κ3) is 2.52. The Kier molecular flexibility index (Phi) is 3.23. The van der Waals surface area contributed by atoms with Gasteiger partial charge in [-0.15, -0.1) is 0 Å². The topological polar surface area (TPSA) is 55.6 Å². The number of nitro groups is 1. The molecular weight excluding hydrogens is 227 g/mol. The lowest BCUT2D eigenvalue weighted by Gasteiger charge is -2.32. The van der Waals surface area contributed by atoms with Crippen LogP contribution in [0.2, 0.25) is 0 Å². The van der Waals surface area contributed by atoms with E-state index in [4.69, 9.17) is 4.74 Å². The molecule has 92 valence electrons. The maximum atomic E-state index is 13.6. The highest BCUT2D eigenvalue weighted by Crippen LogP contribution is 2.26. The number of rotatable bonds is 2. The van der Waals surface area contributed by atoms with Gasteiger partial charge in [-0.3, -0.25) is 10.1 Å². The van der Waals surface area contributed by atoms with Gasteiger partial charge in [0.05, 0.1) is 23.3 Å². The number of anilines is 1. The van der Waals surface area contributed by atoms with Gasteiger partial charge in [-0.2, -0.15) is 0 Å². The van der Waals surface area contributed by atoms with Crippen LogP contribution in [0, 0.1) is 15.9 Å². The minimum absolute atomic E-state index is 0.00223. The summed E-state index contributed by atoms with van der Waals surface area (Å²) in [6, 6.07) is 3.57. The van der Waals surface area contributed by atoms with Crippen LogP contribution < -0.4 is 4.90 Å². The molecule has 1 aliphatic rings. The van der Waals surface area contributed by atoms with Crippen LogP contribution in [-0.2, 0) is 4.74 Å². The van der Waals surface area contributed by atoms with E-state index in [1.165, 1.54) is 12.1 Å². The van der Waals surface area contributed by atoms with Crippen LogP contribution in [0.1, 0.15) is 6.92 Å². The highest BCUT2D eigenvalue weighted by molar-refractivity contribution is 5.54. The predicted molar refractivity (Wildman–Crippen MR) is 60.7 cm³/mol. The number of nitro benzene ring substituents is 1. The summed E-state index contributed by atoms with van der Waals surface area (Å²) in [6.45, 7) is 3.48. The van der Waals surface area contributed by atoms with Gasteiger partial charge in [-0.25, -0.2) is 4.39 Å². The highest BCUT2D eigenvalue weighted by atomic mass is 19.1. The number of hydrogen-bond acceptors (Lipinski definition) is 4. The number of nitrogens with zero attached hydrogens (tertiary/aromatic N) is 2. The van der Waals surface area contributed by atoms with Crippen LogP contribution in [-0.4, -0.2) is 30.7 Å². The van der Waals surface area contributed by atoms with Gasteiger partial charge in [0.25, 0.3) is 5.69 Å². The van der Waals surface area contributed by atoms with Crippen LogP contribution in [0.15, 0.2) is 18.2 Å². The molecule has 1 heterocycles. The number of morpholine rings is 1. The van der Waals surface area contributed by atoms with E-state index < -0.39 is 10.7 Å². The van der Waals surface area contributed by atoms with Gasteiger partial charge in [-0.1, -0.05) is 0 Å². The Morgan fingerprint density at radius 2 is 2.35 bits per heavy atom. The quantitative estimate of drug-likeness (QED) is 0.585. The van der Waals surface area contributed by atoms with E-state index in [-0.39, 0.29) is 17.5 Å². The smallest absolute Gasteiger partial charge is 0.271 e. The molecule has 0 radical (unpaired) electrons. The maximum absolute atomic E-state index is 13.6. The van der Waals surface area contributed by atoms with Crippen molar-refractivity contribution < 1.29 is 14.1 Å². The number of benzene rings is 1. The molecule has 5 nitrogen and oxygen atoms in total. The Bertz CT molecular complexity index is 439. The van der Waals surface area contributed by atoms with E-state index in [1.807, 2.05) is 6.92 Å². The van der Waals surface area contributed by atoms with Gasteiger partial charge in [0, 0.05) is 25.2 Å². The summed E-state index contributed by atoms with van der Waals surface area (Å²) < 4.78 is 19.0. The number of non-ortho nitro benzene ring substituents is 1. The lowest BCUT2D eigenvalue weighted by Crippen LogP contribution is -2.41. The third-order valence-corrected chi connectivity index (χ3v) is 2.72. The molecule has 0 aromatic heterocycles. The summed E-state index contributed by atoms with van der Waals surface area (Å²) in [5.74, 6) is -0.440. The largest absolute Gasteiger partial charge is 0.375 e. The molecule has 1 aromatic rings. The van der Waals surface area contributed by atoms with Gasteiger partial charge in [0.2, 0.25) is 0 Å². The SMILES string of the molecule is C[C@@H]1CN(c2cc([N+](=O)[O-])ccc2F)CCO1. The van der Waals surface area contributed by atoms with E-state index in [0.29, 0.717) is 19.7 Å². The fraction of sp³-hybridized carbons (Fsp3) is 0.455. The lowest BCUT2D eigenvalue weighted by molar-refractivity contribution is -0.384. The Hall–Kier alpha value is -1.69. The molecule has 0 aliphatic carbocycles. The molecule has 1 fully saturated rings. The molecule has 0 amide bonds. The maximum Gasteiger partial charge on any atom is 0.271 e. The number of hydrogen-bond donors (Lipinski definition) is 0. The molecule has 1 aromatic carbocycles. The fourth-order valence-corrected chi connectivity index (χ4v) is 1.89. The first-order chi connectivity index (χ1) is 8.08. The molecule has 0 saturated carbocycles. The second-order valence-electron chi connectivity index (χ2n) is 4.02. The first kappa shape index (κ1) is 11.8. The molecule has 1 saturated heterocycles. The Labute approximate surface area is 97.9 Å². The summed E-state index contributed by atoms with van der Waals surface area (Å²) >= 11 is 0. The van der Waals surface area contributed by atoms with Crippen LogP contribution in [0.5, 0.6) is 0 Å². The second kappa shape index (κ2) is 4.67. The zero-order chi connectivity index (χ0) is 12.4. The van der Waals surface area contributed by atoms with Crippen LogP contribution in [0.4, 0.5) is 15.8 Å².